The van der Waals surface area contributed by atoms with E-state index in [9.17, 15) is 4.79 Å². The van der Waals surface area contributed by atoms with Crippen LogP contribution in [0.4, 0.5) is 4.79 Å². The van der Waals surface area contributed by atoms with Gasteiger partial charge in [0.05, 0.1) is 6.61 Å². The highest BCUT2D eigenvalue weighted by atomic mass is 35.5. The van der Waals surface area contributed by atoms with Gasteiger partial charge in [0.2, 0.25) is 0 Å². The number of piperidine rings is 1. The maximum Gasteiger partial charge on any atom is 0.409 e. The molecule has 120 valence electrons. The number of hydrogen-bond donors (Lipinski definition) is 1. The molecule has 5 nitrogen and oxygen atoms in total. The van der Waals surface area contributed by atoms with Gasteiger partial charge in [-0.05, 0) is 25.7 Å². The zero-order valence-electron chi connectivity index (χ0n) is 12.2. The maximum atomic E-state index is 11.6. The van der Waals surface area contributed by atoms with Crippen molar-refractivity contribution in [3.63, 3.8) is 0 Å². The van der Waals surface area contributed by atoms with Gasteiger partial charge in [-0.25, -0.2) is 4.79 Å². The van der Waals surface area contributed by atoms with E-state index in [1.807, 2.05) is 11.8 Å². The van der Waals surface area contributed by atoms with Gasteiger partial charge >= 0.3 is 6.09 Å². The first-order valence-electron chi connectivity index (χ1n) is 7.14. The Morgan fingerprint density at radius 2 is 1.75 bits per heavy atom. The Labute approximate surface area is 134 Å². The average molecular weight is 328 g/mol. The normalized spacial score (nSPS) is 20.8. The molecule has 7 heteroatoms. The maximum absolute atomic E-state index is 11.6. The second-order valence-corrected chi connectivity index (χ2v) is 5.18. The van der Waals surface area contributed by atoms with Gasteiger partial charge in [0.25, 0.3) is 0 Å². The van der Waals surface area contributed by atoms with E-state index in [1.54, 1.807) is 0 Å². The molecule has 0 unspecified atom stereocenters. The fourth-order valence-electron chi connectivity index (χ4n) is 2.77. The molecule has 2 fully saturated rings. The van der Waals surface area contributed by atoms with Crippen molar-refractivity contribution in [1.82, 2.24) is 15.1 Å². The van der Waals surface area contributed by atoms with E-state index in [-0.39, 0.29) is 30.9 Å². The highest BCUT2D eigenvalue weighted by Gasteiger charge is 2.25. The molecule has 2 heterocycles. The number of rotatable bonds is 3. The number of piperazine rings is 1. The first-order chi connectivity index (χ1) is 8.79. The standard InChI is InChI=1S/C13H25N3O2.2ClH/c1-2-18-13(17)16-7-3-12(4-8-16)11-15-9-5-14-6-10-15;;/h12,14H,2-11H2,1H3;2*1H. The summed E-state index contributed by atoms with van der Waals surface area (Å²) in [5, 5.41) is 3.38. The molecule has 1 N–H and O–H groups in total. The third kappa shape index (κ3) is 6.04. The van der Waals surface area contributed by atoms with Crippen LogP contribution in [0, 0.1) is 5.92 Å². The van der Waals surface area contributed by atoms with Gasteiger partial charge in [-0.2, -0.15) is 0 Å². The van der Waals surface area contributed by atoms with Crippen LogP contribution in [0.3, 0.4) is 0 Å². The van der Waals surface area contributed by atoms with E-state index < -0.39 is 0 Å². The molecule has 0 aromatic carbocycles. The lowest BCUT2D eigenvalue weighted by atomic mass is 9.96. The van der Waals surface area contributed by atoms with Crippen molar-refractivity contribution in [2.75, 3.05) is 52.4 Å². The molecule has 1 amide bonds. The lowest BCUT2D eigenvalue weighted by Crippen LogP contribution is -2.47. The summed E-state index contributed by atoms with van der Waals surface area (Å²) in [5.74, 6) is 0.744. The van der Waals surface area contributed by atoms with E-state index in [1.165, 1.54) is 6.54 Å². The Morgan fingerprint density at radius 3 is 2.30 bits per heavy atom. The molecule has 2 saturated heterocycles. The zero-order chi connectivity index (χ0) is 12.8. The number of carbonyl (C=O) groups is 1. The van der Waals surface area contributed by atoms with Crippen LogP contribution in [0.15, 0.2) is 0 Å². The second-order valence-electron chi connectivity index (χ2n) is 5.18. The molecule has 20 heavy (non-hydrogen) atoms. The van der Waals surface area contributed by atoms with Crippen LogP contribution in [-0.2, 0) is 4.74 Å². The van der Waals surface area contributed by atoms with Crippen molar-refractivity contribution in [2.45, 2.75) is 19.8 Å². The van der Waals surface area contributed by atoms with Crippen molar-refractivity contribution in [1.29, 1.82) is 0 Å². The number of halogens is 2. The van der Waals surface area contributed by atoms with Gasteiger partial charge in [-0.15, -0.1) is 24.8 Å². The summed E-state index contributed by atoms with van der Waals surface area (Å²) in [6.45, 7) is 9.79. The minimum atomic E-state index is -0.141. The molecule has 0 aliphatic carbocycles. The number of amides is 1. The third-order valence-corrected chi connectivity index (χ3v) is 3.87. The molecule has 0 bridgehead atoms. The zero-order valence-corrected chi connectivity index (χ0v) is 13.8. The first kappa shape index (κ1) is 19.8. The Morgan fingerprint density at radius 1 is 1.15 bits per heavy atom. The lowest BCUT2D eigenvalue weighted by molar-refractivity contribution is 0.0846. The molecule has 2 rings (SSSR count). The van der Waals surface area contributed by atoms with Gasteiger partial charge in [0, 0.05) is 45.8 Å². The molecule has 0 aromatic heterocycles. The lowest BCUT2D eigenvalue weighted by Gasteiger charge is -2.35. The largest absolute Gasteiger partial charge is 0.450 e. The fraction of sp³-hybridized carbons (Fsp3) is 0.923. The summed E-state index contributed by atoms with van der Waals surface area (Å²) in [4.78, 5) is 16.0. The summed E-state index contributed by atoms with van der Waals surface area (Å²) < 4.78 is 5.03. The van der Waals surface area contributed by atoms with Crippen molar-refractivity contribution in [2.24, 2.45) is 5.92 Å². The molecular weight excluding hydrogens is 301 g/mol. The van der Waals surface area contributed by atoms with Crippen molar-refractivity contribution in [3.8, 4) is 0 Å². The van der Waals surface area contributed by atoms with Crippen LogP contribution in [0.5, 0.6) is 0 Å². The summed E-state index contributed by atoms with van der Waals surface area (Å²) in [7, 11) is 0. The predicted octanol–water partition coefficient (Wildman–Crippen LogP) is 1.60. The van der Waals surface area contributed by atoms with Gasteiger partial charge in [-0.1, -0.05) is 0 Å². The Balaban J connectivity index is 0.00000180. The summed E-state index contributed by atoms with van der Waals surface area (Å²) in [6.07, 6.45) is 2.09. The van der Waals surface area contributed by atoms with Gasteiger partial charge < -0.3 is 19.9 Å². The minimum absolute atomic E-state index is 0. The predicted molar refractivity (Wildman–Crippen MR) is 85.1 cm³/mol. The molecule has 0 spiro atoms. The SMILES string of the molecule is CCOC(=O)N1CCC(CN2CCNCC2)CC1.Cl.Cl. The Kier molecular flexibility index (Phi) is 10.4. The molecule has 0 aromatic rings. The van der Waals surface area contributed by atoms with E-state index in [2.05, 4.69) is 10.2 Å². The number of nitrogens with one attached hydrogen (secondary N) is 1. The van der Waals surface area contributed by atoms with E-state index in [0.717, 1.165) is 58.0 Å². The number of ether oxygens (including phenoxy) is 1. The molecule has 2 aliphatic rings. The Hall–Kier alpha value is -0.230. The number of likely N-dealkylation sites (tertiary alicyclic amines) is 1. The molecule has 0 saturated carbocycles. The smallest absolute Gasteiger partial charge is 0.409 e. The monoisotopic (exact) mass is 327 g/mol. The fourth-order valence-corrected chi connectivity index (χ4v) is 2.77. The van der Waals surface area contributed by atoms with Crippen molar-refractivity contribution in [3.05, 3.63) is 0 Å². The van der Waals surface area contributed by atoms with Crippen LogP contribution >= 0.6 is 24.8 Å². The molecule has 0 radical (unpaired) electrons. The van der Waals surface area contributed by atoms with E-state index >= 15 is 0 Å². The average Bonchev–Trinajstić information content (AvgIpc) is 2.41. The molecular formula is C13H27Cl2N3O2. The van der Waals surface area contributed by atoms with Crippen LogP contribution in [0.25, 0.3) is 0 Å². The van der Waals surface area contributed by atoms with Crippen LogP contribution in [0.2, 0.25) is 0 Å². The van der Waals surface area contributed by atoms with Crippen molar-refractivity contribution < 1.29 is 9.53 Å². The van der Waals surface area contributed by atoms with Crippen LogP contribution in [0.1, 0.15) is 19.8 Å². The number of carbonyl (C=O) groups excluding carboxylic acids is 1. The Bertz CT molecular complexity index is 268. The summed E-state index contributed by atoms with van der Waals surface area (Å²) >= 11 is 0. The minimum Gasteiger partial charge on any atom is -0.450 e. The highest BCUT2D eigenvalue weighted by Crippen LogP contribution is 2.19. The topological polar surface area (TPSA) is 44.8 Å². The quantitative estimate of drug-likeness (QED) is 0.855. The molecule has 2 aliphatic heterocycles. The van der Waals surface area contributed by atoms with E-state index in [4.69, 9.17) is 4.74 Å². The van der Waals surface area contributed by atoms with Crippen LogP contribution < -0.4 is 5.32 Å². The van der Waals surface area contributed by atoms with Gasteiger partial charge in [0.15, 0.2) is 0 Å². The molecule has 0 atom stereocenters. The van der Waals surface area contributed by atoms with Crippen molar-refractivity contribution >= 4 is 30.9 Å². The second kappa shape index (κ2) is 10.5. The summed E-state index contributed by atoms with van der Waals surface area (Å²) in [6, 6.07) is 0. The summed E-state index contributed by atoms with van der Waals surface area (Å²) in [5.41, 5.74) is 0. The first-order valence-corrected chi connectivity index (χ1v) is 7.14. The number of hydrogen-bond acceptors (Lipinski definition) is 4. The number of nitrogens with zero attached hydrogens (tertiary/aromatic N) is 2. The van der Waals surface area contributed by atoms with E-state index in [0.29, 0.717) is 6.61 Å². The van der Waals surface area contributed by atoms with Gasteiger partial charge in [-0.3, -0.25) is 0 Å². The van der Waals surface area contributed by atoms with Gasteiger partial charge in [0.1, 0.15) is 0 Å². The van der Waals surface area contributed by atoms with Crippen LogP contribution in [-0.4, -0.2) is 68.3 Å². The third-order valence-electron chi connectivity index (χ3n) is 3.87. The highest BCUT2D eigenvalue weighted by molar-refractivity contribution is 5.85.